The molecule has 1 saturated carbocycles. The lowest BCUT2D eigenvalue weighted by Gasteiger charge is -2.32. The van der Waals surface area contributed by atoms with Gasteiger partial charge in [0.15, 0.2) is 0 Å². The van der Waals surface area contributed by atoms with Gasteiger partial charge in [0, 0.05) is 0 Å². The van der Waals surface area contributed by atoms with Gasteiger partial charge in [0.1, 0.15) is 5.60 Å². The maximum absolute atomic E-state index is 12.5. The van der Waals surface area contributed by atoms with E-state index in [1.165, 1.54) is 19.3 Å². The van der Waals surface area contributed by atoms with Crippen molar-refractivity contribution in [3.63, 3.8) is 0 Å². The molecule has 140 valence electrons. The highest BCUT2D eigenvalue weighted by atomic mass is 16.6. The Morgan fingerprint density at radius 3 is 2.29 bits per heavy atom. The van der Waals surface area contributed by atoms with E-state index < -0.39 is 23.4 Å². The lowest BCUT2D eigenvalue weighted by Crippen LogP contribution is -2.38. The number of esters is 1. The van der Waals surface area contributed by atoms with Crippen LogP contribution in [-0.4, -0.2) is 22.6 Å². The van der Waals surface area contributed by atoms with Crippen molar-refractivity contribution in [2.75, 3.05) is 0 Å². The summed E-state index contributed by atoms with van der Waals surface area (Å²) >= 11 is 0. The first-order chi connectivity index (χ1) is 11.3. The summed E-state index contributed by atoms with van der Waals surface area (Å²) in [4.78, 5) is 23.9. The topological polar surface area (TPSA) is 63.6 Å². The third-order valence-electron chi connectivity index (χ3n) is 5.46. The largest absolute Gasteiger partial charge is 0.481 e. The summed E-state index contributed by atoms with van der Waals surface area (Å²) in [6.07, 6.45) is 9.79. The van der Waals surface area contributed by atoms with Gasteiger partial charge in [-0.3, -0.25) is 9.59 Å². The first-order valence-electron chi connectivity index (χ1n) is 9.76. The van der Waals surface area contributed by atoms with E-state index in [-0.39, 0.29) is 5.97 Å². The molecule has 0 amide bonds. The SMILES string of the molecule is CCCCC(CC)CCC(C)(C)OC(=O)C1CCCCC1C(=O)O. The van der Waals surface area contributed by atoms with Crippen LogP contribution in [0.4, 0.5) is 0 Å². The number of carbonyl (C=O) groups excluding carboxylic acids is 1. The monoisotopic (exact) mass is 340 g/mol. The molecular weight excluding hydrogens is 304 g/mol. The van der Waals surface area contributed by atoms with Crippen molar-refractivity contribution in [3.8, 4) is 0 Å². The number of hydrogen-bond acceptors (Lipinski definition) is 3. The molecule has 0 bridgehead atoms. The maximum Gasteiger partial charge on any atom is 0.310 e. The van der Waals surface area contributed by atoms with Crippen molar-refractivity contribution >= 4 is 11.9 Å². The fourth-order valence-corrected chi connectivity index (χ4v) is 3.70. The molecule has 1 rings (SSSR count). The molecule has 0 aliphatic heterocycles. The Morgan fingerprint density at radius 1 is 1.12 bits per heavy atom. The molecule has 1 aliphatic rings. The fourth-order valence-electron chi connectivity index (χ4n) is 3.70. The Morgan fingerprint density at radius 2 is 1.75 bits per heavy atom. The molecule has 4 nitrogen and oxygen atoms in total. The molecule has 4 heteroatoms. The number of carboxylic acid groups (broad SMARTS) is 1. The van der Waals surface area contributed by atoms with Crippen molar-refractivity contribution in [1.29, 1.82) is 0 Å². The summed E-state index contributed by atoms with van der Waals surface area (Å²) in [6, 6.07) is 0. The second kappa shape index (κ2) is 10.0. The van der Waals surface area contributed by atoms with Gasteiger partial charge in [-0.05, 0) is 45.4 Å². The van der Waals surface area contributed by atoms with Crippen LogP contribution in [0, 0.1) is 17.8 Å². The second-order valence-corrected chi connectivity index (χ2v) is 7.97. The van der Waals surface area contributed by atoms with Crippen LogP contribution in [0.3, 0.4) is 0 Å². The lowest BCUT2D eigenvalue weighted by atomic mass is 9.79. The summed E-state index contributed by atoms with van der Waals surface area (Å²) in [6.45, 7) is 8.34. The summed E-state index contributed by atoms with van der Waals surface area (Å²) < 4.78 is 5.75. The number of hydrogen-bond donors (Lipinski definition) is 1. The highest BCUT2D eigenvalue weighted by Crippen LogP contribution is 2.33. The van der Waals surface area contributed by atoms with Crippen LogP contribution in [0.15, 0.2) is 0 Å². The molecule has 3 atom stereocenters. The molecule has 0 radical (unpaired) electrons. The fraction of sp³-hybridized carbons (Fsp3) is 0.900. The molecule has 3 unspecified atom stereocenters. The predicted molar refractivity (Wildman–Crippen MR) is 95.8 cm³/mol. The van der Waals surface area contributed by atoms with Crippen LogP contribution in [-0.2, 0) is 14.3 Å². The minimum Gasteiger partial charge on any atom is -0.481 e. The Hall–Kier alpha value is -1.06. The van der Waals surface area contributed by atoms with Gasteiger partial charge >= 0.3 is 11.9 Å². The summed E-state index contributed by atoms with van der Waals surface area (Å²) in [5.41, 5.74) is -0.517. The molecule has 0 aromatic heterocycles. The average molecular weight is 341 g/mol. The van der Waals surface area contributed by atoms with E-state index in [4.69, 9.17) is 4.74 Å². The van der Waals surface area contributed by atoms with Gasteiger partial charge in [-0.1, -0.05) is 52.4 Å². The average Bonchev–Trinajstić information content (AvgIpc) is 2.54. The van der Waals surface area contributed by atoms with E-state index in [0.717, 1.165) is 32.1 Å². The number of ether oxygens (including phenoxy) is 1. The Labute approximate surface area is 147 Å². The van der Waals surface area contributed by atoms with Crippen LogP contribution >= 0.6 is 0 Å². The predicted octanol–water partition coefficient (Wildman–Crippen LogP) is 5.20. The summed E-state index contributed by atoms with van der Waals surface area (Å²) in [5.74, 6) is -1.54. The van der Waals surface area contributed by atoms with Crippen molar-refractivity contribution < 1.29 is 19.4 Å². The number of carboxylic acids is 1. The van der Waals surface area contributed by atoms with Gasteiger partial charge < -0.3 is 9.84 Å². The molecule has 1 fully saturated rings. The maximum atomic E-state index is 12.5. The van der Waals surface area contributed by atoms with Gasteiger partial charge in [0.2, 0.25) is 0 Å². The molecule has 0 saturated heterocycles. The van der Waals surface area contributed by atoms with Gasteiger partial charge in [-0.15, -0.1) is 0 Å². The molecule has 0 heterocycles. The summed E-state index contributed by atoms with van der Waals surface area (Å²) in [7, 11) is 0. The van der Waals surface area contributed by atoms with Crippen LogP contribution in [0.1, 0.15) is 91.9 Å². The van der Waals surface area contributed by atoms with Crippen LogP contribution in [0.5, 0.6) is 0 Å². The number of rotatable bonds is 10. The van der Waals surface area contributed by atoms with Gasteiger partial charge in [0.05, 0.1) is 11.8 Å². The molecule has 1 aliphatic carbocycles. The number of unbranched alkanes of at least 4 members (excludes halogenated alkanes) is 1. The molecule has 1 N–H and O–H groups in total. The lowest BCUT2D eigenvalue weighted by molar-refractivity contribution is -0.170. The Balaban J connectivity index is 2.54. The summed E-state index contributed by atoms with van der Waals surface area (Å²) in [5, 5.41) is 9.34. The zero-order chi connectivity index (χ0) is 18.2. The van der Waals surface area contributed by atoms with Crippen LogP contribution < -0.4 is 0 Å². The standard InChI is InChI=1S/C20H36O4/c1-5-7-10-15(6-2)13-14-20(3,4)24-19(23)17-12-9-8-11-16(17)18(21)22/h15-17H,5-14H2,1-4H3,(H,21,22). The van der Waals surface area contributed by atoms with Crippen molar-refractivity contribution in [2.24, 2.45) is 17.8 Å². The van der Waals surface area contributed by atoms with Gasteiger partial charge in [0.25, 0.3) is 0 Å². The highest BCUT2D eigenvalue weighted by molar-refractivity contribution is 5.81. The van der Waals surface area contributed by atoms with Crippen molar-refractivity contribution in [1.82, 2.24) is 0 Å². The van der Waals surface area contributed by atoms with Crippen LogP contribution in [0.2, 0.25) is 0 Å². The molecular formula is C20H36O4. The first-order valence-corrected chi connectivity index (χ1v) is 9.76. The van der Waals surface area contributed by atoms with E-state index in [1.807, 2.05) is 13.8 Å². The quantitative estimate of drug-likeness (QED) is 0.555. The van der Waals surface area contributed by atoms with E-state index in [9.17, 15) is 14.7 Å². The van der Waals surface area contributed by atoms with Gasteiger partial charge in [-0.25, -0.2) is 0 Å². The van der Waals surface area contributed by atoms with Crippen molar-refractivity contribution in [3.05, 3.63) is 0 Å². The molecule has 0 aromatic carbocycles. The molecule has 0 aromatic rings. The number of aliphatic carboxylic acids is 1. The van der Waals surface area contributed by atoms with E-state index >= 15 is 0 Å². The number of carbonyl (C=O) groups is 2. The van der Waals surface area contributed by atoms with E-state index in [2.05, 4.69) is 13.8 Å². The first kappa shape index (κ1) is 21.0. The minimum absolute atomic E-state index is 0.311. The van der Waals surface area contributed by atoms with Gasteiger partial charge in [-0.2, -0.15) is 0 Å². The zero-order valence-electron chi connectivity index (χ0n) is 16.0. The minimum atomic E-state index is -0.861. The molecule has 0 spiro atoms. The third kappa shape index (κ3) is 6.82. The Kier molecular flexibility index (Phi) is 8.79. The smallest absolute Gasteiger partial charge is 0.310 e. The van der Waals surface area contributed by atoms with Crippen molar-refractivity contribution in [2.45, 2.75) is 97.5 Å². The highest BCUT2D eigenvalue weighted by Gasteiger charge is 2.38. The van der Waals surface area contributed by atoms with E-state index in [0.29, 0.717) is 18.8 Å². The third-order valence-corrected chi connectivity index (χ3v) is 5.46. The normalized spacial score (nSPS) is 22.8. The Bertz CT molecular complexity index is 402. The molecule has 24 heavy (non-hydrogen) atoms. The van der Waals surface area contributed by atoms with Crippen LogP contribution in [0.25, 0.3) is 0 Å². The zero-order valence-corrected chi connectivity index (χ0v) is 16.0. The second-order valence-electron chi connectivity index (χ2n) is 7.97. The van der Waals surface area contributed by atoms with E-state index in [1.54, 1.807) is 0 Å².